The summed E-state index contributed by atoms with van der Waals surface area (Å²) in [6.07, 6.45) is 0. The second kappa shape index (κ2) is 8.66. The minimum absolute atomic E-state index is 0.107. The Bertz CT molecular complexity index is 1010. The van der Waals surface area contributed by atoms with Gasteiger partial charge in [-0.05, 0) is 46.5 Å². The van der Waals surface area contributed by atoms with Gasteiger partial charge in [0.1, 0.15) is 0 Å². The maximum absolute atomic E-state index is 3.36. The fourth-order valence-corrected chi connectivity index (χ4v) is 3.53. The van der Waals surface area contributed by atoms with Gasteiger partial charge in [-0.15, -0.1) is 0 Å². The van der Waals surface area contributed by atoms with Gasteiger partial charge in [0.05, 0.1) is 6.04 Å². The van der Waals surface area contributed by atoms with Gasteiger partial charge in [-0.2, -0.15) is 0 Å². The average Bonchev–Trinajstić information content (AvgIpc) is 2.79. The van der Waals surface area contributed by atoms with Gasteiger partial charge in [0.25, 0.3) is 0 Å². The molecule has 0 aliphatic carbocycles. The zero-order valence-electron chi connectivity index (χ0n) is 16.0. The van der Waals surface area contributed by atoms with E-state index >= 15 is 0 Å². The molecule has 2 N–H and O–H groups in total. The minimum atomic E-state index is 0.107. The van der Waals surface area contributed by atoms with E-state index < -0.39 is 0 Å². The number of benzene rings is 4. The van der Waals surface area contributed by atoms with Gasteiger partial charge in [0.2, 0.25) is 0 Å². The summed E-state index contributed by atoms with van der Waals surface area (Å²) >= 11 is 0. The van der Waals surface area contributed by atoms with E-state index in [1.54, 1.807) is 0 Å². The highest BCUT2D eigenvalue weighted by molar-refractivity contribution is 5.73. The molecule has 0 spiro atoms. The van der Waals surface area contributed by atoms with Gasteiger partial charge in [-0.1, -0.05) is 103 Å². The minimum Gasteiger partial charge on any atom is -0.260 e. The number of hydrogen-bond donors (Lipinski definition) is 2. The van der Waals surface area contributed by atoms with Crippen LogP contribution in [0, 0.1) is 0 Å². The van der Waals surface area contributed by atoms with E-state index in [1.807, 2.05) is 13.1 Å². The van der Waals surface area contributed by atoms with Crippen molar-refractivity contribution in [3.05, 3.63) is 120 Å². The lowest BCUT2D eigenvalue weighted by Crippen LogP contribution is -2.32. The van der Waals surface area contributed by atoms with Crippen molar-refractivity contribution in [3.8, 4) is 22.3 Å². The quantitative estimate of drug-likeness (QED) is 0.420. The Morgan fingerprint density at radius 3 is 1.61 bits per heavy atom. The van der Waals surface area contributed by atoms with Crippen LogP contribution >= 0.6 is 0 Å². The molecule has 1 unspecified atom stereocenters. The van der Waals surface area contributed by atoms with Gasteiger partial charge in [0.15, 0.2) is 0 Å². The number of rotatable bonds is 6. The van der Waals surface area contributed by atoms with Crippen LogP contribution in [-0.4, -0.2) is 7.05 Å². The van der Waals surface area contributed by atoms with E-state index in [0.29, 0.717) is 0 Å². The Balaban J connectivity index is 1.63. The molecule has 28 heavy (non-hydrogen) atoms. The van der Waals surface area contributed by atoms with Crippen molar-refractivity contribution in [1.82, 2.24) is 10.9 Å². The summed E-state index contributed by atoms with van der Waals surface area (Å²) in [6, 6.07) is 38.6. The lowest BCUT2D eigenvalue weighted by Gasteiger charge is -2.19. The Hall–Kier alpha value is -3.20. The predicted octanol–water partition coefficient (Wildman–Crippen LogP) is 5.83. The van der Waals surface area contributed by atoms with Crippen LogP contribution in [0.4, 0.5) is 0 Å². The third-order valence-corrected chi connectivity index (χ3v) is 4.97. The van der Waals surface area contributed by atoms with Crippen LogP contribution in [0.3, 0.4) is 0 Å². The van der Waals surface area contributed by atoms with Crippen molar-refractivity contribution < 1.29 is 0 Å². The summed E-state index contributed by atoms with van der Waals surface area (Å²) < 4.78 is 0. The first-order chi connectivity index (χ1) is 13.8. The molecule has 4 rings (SSSR count). The van der Waals surface area contributed by atoms with Gasteiger partial charge < -0.3 is 0 Å². The molecule has 2 heteroatoms. The molecule has 2 nitrogen and oxygen atoms in total. The average molecular weight is 364 g/mol. The molecule has 0 radical (unpaired) electrons. The summed E-state index contributed by atoms with van der Waals surface area (Å²) in [4.78, 5) is 0. The SMILES string of the molecule is CNNC(c1ccccc1)c1ccc(-c2cccc(-c3ccccc3)c2)cc1. The van der Waals surface area contributed by atoms with Crippen molar-refractivity contribution >= 4 is 0 Å². The van der Waals surface area contributed by atoms with E-state index in [9.17, 15) is 0 Å². The summed E-state index contributed by atoms with van der Waals surface area (Å²) in [5.74, 6) is 0. The van der Waals surface area contributed by atoms with Crippen molar-refractivity contribution in [2.45, 2.75) is 6.04 Å². The first kappa shape index (κ1) is 18.2. The van der Waals surface area contributed by atoms with Crippen molar-refractivity contribution in [1.29, 1.82) is 0 Å². The van der Waals surface area contributed by atoms with Crippen LogP contribution < -0.4 is 10.9 Å². The Morgan fingerprint density at radius 2 is 1.00 bits per heavy atom. The largest absolute Gasteiger partial charge is 0.260 e. The fourth-order valence-electron chi connectivity index (χ4n) is 3.53. The van der Waals surface area contributed by atoms with Gasteiger partial charge >= 0.3 is 0 Å². The van der Waals surface area contributed by atoms with Crippen LogP contribution in [0.5, 0.6) is 0 Å². The lowest BCUT2D eigenvalue weighted by molar-refractivity contribution is 0.530. The summed E-state index contributed by atoms with van der Waals surface area (Å²) in [5, 5.41) is 0. The molecule has 138 valence electrons. The molecular formula is C26H24N2. The molecular weight excluding hydrogens is 340 g/mol. The normalized spacial score (nSPS) is 11.9. The molecule has 1 atom stereocenters. The fraction of sp³-hybridized carbons (Fsp3) is 0.0769. The molecule has 0 saturated carbocycles. The first-order valence-electron chi connectivity index (χ1n) is 9.58. The molecule has 0 aromatic heterocycles. The molecule has 0 aliphatic rings. The van der Waals surface area contributed by atoms with Crippen LogP contribution in [0.25, 0.3) is 22.3 Å². The van der Waals surface area contributed by atoms with E-state index in [2.05, 4.69) is 114 Å². The van der Waals surface area contributed by atoms with Crippen molar-refractivity contribution in [2.24, 2.45) is 0 Å². The van der Waals surface area contributed by atoms with E-state index in [0.717, 1.165) is 0 Å². The van der Waals surface area contributed by atoms with Crippen LogP contribution in [0.15, 0.2) is 109 Å². The van der Waals surface area contributed by atoms with Crippen LogP contribution in [-0.2, 0) is 0 Å². The van der Waals surface area contributed by atoms with E-state index in [1.165, 1.54) is 33.4 Å². The predicted molar refractivity (Wildman–Crippen MR) is 118 cm³/mol. The molecule has 0 heterocycles. The zero-order chi connectivity index (χ0) is 19.2. The molecule has 0 saturated heterocycles. The van der Waals surface area contributed by atoms with Crippen molar-refractivity contribution in [3.63, 3.8) is 0 Å². The number of nitrogens with one attached hydrogen (secondary N) is 2. The van der Waals surface area contributed by atoms with Gasteiger partial charge in [0, 0.05) is 0 Å². The number of hydrazine groups is 1. The third kappa shape index (κ3) is 4.04. The highest BCUT2D eigenvalue weighted by atomic mass is 15.3. The Kier molecular flexibility index (Phi) is 5.62. The van der Waals surface area contributed by atoms with Crippen molar-refractivity contribution in [2.75, 3.05) is 7.05 Å². The Morgan fingerprint density at radius 1 is 0.500 bits per heavy atom. The number of hydrogen-bond acceptors (Lipinski definition) is 2. The van der Waals surface area contributed by atoms with Gasteiger partial charge in [-0.25, -0.2) is 5.43 Å². The second-order valence-corrected chi connectivity index (χ2v) is 6.81. The molecule has 0 amide bonds. The standard InChI is InChI=1S/C26H24N2/c1-27-28-26(22-11-6-3-7-12-22)23-17-15-21(16-18-23)25-14-8-13-24(19-25)20-9-4-2-5-10-20/h2-19,26-28H,1H3. The maximum Gasteiger partial charge on any atom is 0.0712 e. The first-order valence-corrected chi connectivity index (χ1v) is 9.58. The smallest absolute Gasteiger partial charge is 0.0712 e. The Labute approximate surface area is 166 Å². The summed E-state index contributed by atoms with van der Waals surface area (Å²) in [7, 11) is 1.90. The van der Waals surface area contributed by atoms with Gasteiger partial charge in [-0.3, -0.25) is 5.43 Å². The van der Waals surface area contributed by atoms with Crippen LogP contribution in [0.2, 0.25) is 0 Å². The second-order valence-electron chi connectivity index (χ2n) is 6.81. The third-order valence-electron chi connectivity index (χ3n) is 4.97. The molecule has 0 fully saturated rings. The maximum atomic E-state index is 3.36. The highest BCUT2D eigenvalue weighted by Crippen LogP contribution is 2.28. The molecule has 0 aliphatic heterocycles. The monoisotopic (exact) mass is 364 g/mol. The van der Waals surface area contributed by atoms with Crippen LogP contribution in [0.1, 0.15) is 17.2 Å². The molecule has 4 aromatic carbocycles. The summed E-state index contributed by atoms with van der Waals surface area (Å²) in [6.45, 7) is 0. The van der Waals surface area contributed by atoms with E-state index in [4.69, 9.17) is 0 Å². The summed E-state index contributed by atoms with van der Waals surface area (Å²) in [5.41, 5.74) is 13.8. The lowest BCUT2D eigenvalue weighted by atomic mass is 9.95. The van der Waals surface area contributed by atoms with E-state index in [-0.39, 0.29) is 6.04 Å². The zero-order valence-corrected chi connectivity index (χ0v) is 16.0. The topological polar surface area (TPSA) is 24.1 Å². The molecule has 0 bridgehead atoms. The molecule has 4 aromatic rings. The highest BCUT2D eigenvalue weighted by Gasteiger charge is 2.13.